The molecule has 10 heteroatoms. The Hall–Kier alpha value is -3.11. The number of rotatable bonds is 4. The van der Waals surface area contributed by atoms with Crippen molar-refractivity contribution in [1.29, 1.82) is 0 Å². The van der Waals surface area contributed by atoms with Gasteiger partial charge in [0.1, 0.15) is 23.1 Å². The summed E-state index contributed by atoms with van der Waals surface area (Å²) in [5, 5.41) is 29.1. The van der Waals surface area contributed by atoms with Gasteiger partial charge in [0.05, 0.1) is 18.8 Å². The highest BCUT2D eigenvalue weighted by atomic mass is 16.6. The molecule has 0 atom stereocenters. The summed E-state index contributed by atoms with van der Waals surface area (Å²) in [5.41, 5.74) is 0.658. The second-order valence-electron chi connectivity index (χ2n) is 6.91. The van der Waals surface area contributed by atoms with E-state index >= 15 is 0 Å². The van der Waals surface area contributed by atoms with Gasteiger partial charge in [-0.2, -0.15) is 0 Å². The van der Waals surface area contributed by atoms with Crippen molar-refractivity contribution in [3.63, 3.8) is 0 Å². The van der Waals surface area contributed by atoms with Gasteiger partial charge in [0.25, 0.3) is 5.91 Å². The van der Waals surface area contributed by atoms with Gasteiger partial charge in [-0.1, -0.05) is 18.5 Å². The normalized spacial score (nSPS) is 17.9. The Morgan fingerprint density at radius 1 is 1.21 bits per heavy atom. The summed E-state index contributed by atoms with van der Waals surface area (Å²) >= 11 is 0. The maximum absolute atomic E-state index is 12.3. The monoisotopic (exact) mass is 385 g/mol. The molecule has 0 saturated carbocycles. The zero-order valence-electron chi connectivity index (χ0n) is 14.8. The number of aromatic nitrogens is 1. The third-order valence-electron chi connectivity index (χ3n) is 4.82. The number of amides is 1. The minimum atomic E-state index is -3.09. The molecule has 1 amide bonds. The van der Waals surface area contributed by atoms with Gasteiger partial charge in [0.2, 0.25) is 0 Å². The highest BCUT2D eigenvalue weighted by molar-refractivity contribution is 6.59. The molecular formula is C18H18BN2O7-. The molecule has 9 nitrogen and oxygen atoms in total. The van der Waals surface area contributed by atoms with Crippen molar-refractivity contribution < 1.29 is 34.1 Å². The lowest BCUT2D eigenvalue weighted by molar-refractivity contribution is 0.0164. The number of likely N-dealkylation sites (tertiary alicyclic amines) is 1. The average molecular weight is 385 g/mol. The predicted molar refractivity (Wildman–Crippen MR) is 97.3 cm³/mol. The van der Waals surface area contributed by atoms with Crippen molar-refractivity contribution >= 4 is 18.6 Å². The number of fused-ring (bicyclic) bond motifs is 1. The van der Waals surface area contributed by atoms with Crippen molar-refractivity contribution in [2.45, 2.75) is 18.8 Å². The van der Waals surface area contributed by atoms with Crippen LogP contribution in [0.2, 0.25) is 6.32 Å². The third kappa shape index (κ3) is 3.39. The molecular weight excluding hydrogens is 367 g/mol. The van der Waals surface area contributed by atoms with Crippen LogP contribution in [0.4, 0.5) is 0 Å². The van der Waals surface area contributed by atoms with Crippen LogP contribution in [-0.4, -0.2) is 62.9 Å². The smallest absolute Gasteiger partial charge is 0.430 e. The summed E-state index contributed by atoms with van der Waals surface area (Å²) in [7, 11) is 0. The van der Waals surface area contributed by atoms with Crippen LogP contribution in [0.1, 0.15) is 26.4 Å². The second kappa shape index (κ2) is 6.81. The van der Waals surface area contributed by atoms with E-state index in [1.807, 2.05) is 0 Å². The first-order chi connectivity index (χ1) is 13.3. The first-order valence-electron chi connectivity index (χ1n) is 8.89. The molecule has 0 unspecified atom stereocenters. The zero-order chi connectivity index (χ0) is 19.9. The first kappa shape index (κ1) is 18.3. The van der Waals surface area contributed by atoms with Crippen LogP contribution in [0.25, 0.3) is 0 Å². The van der Waals surface area contributed by atoms with E-state index in [2.05, 4.69) is 4.98 Å². The summed E-state index contributed by atoms with van der Waals surface area (Å²) in [4.78, 5) is 29.6. The number of hydrogen-bond acceptors (Lipinski definition) is 7. The van der Waals surface area contributed by atoms with Crippen LogP contribution in [0, 0.1) is 0 Å². The number of benzene rings is 1. The lowest BCUT2D eigenvalue weighted by Crippen LogP contribution is -2.56. The number of nitrogens with zero attached hydrogens (tertiary/aromatic N) is 2. The number of carbonyl (C=O) groups is 2. The zero-order valence-corrected chi connectivity index (χ0v) is 14.8. The predicted octanol–water partition coefficient (Wildman–Crippen LogP) is 0.542. The van der Waals surface area contributed by atoms with Gasteiger partial charge in [0, 0.05) is 6.20 Å². The van der Waals surface area contributed by atoms with Crippen LogP contribution >= 0.6 is 0 Å². The molecule has 2 aliphatic rings. The van der Waals surface area contributed by atoms with Crippen molar-refractivity contribution in [2.24, 2.45) is 0 Å². The number of hydrogen-bond donors (Lipinski definition) is 3. The molecule has 1 aromatic heterocycles. The minimum absolute atomic E-state index is 0.000515. The molecule has 1 aromatic carbocycles. The van der Waals surface area contributed by atoms with E-state index < -0.39 is 12.7 Å². The summed E-state index contributed by atoms with van der Waals surface area (Å²) in [6.45, 7) is -2.51. The highest BCUT2D eigenvalue weighted by Crippen LogP contribution is 2.39. The number of ether oxygens (including phenoxy) is 1. The van der Waals surface area contributed by atoms with Crippen molar-refractivity contribution in [3.8, 4) is 11.5 Å². The number of pyridine rings is 1. The fourth-order valence-corrected chi connectivity index (χ4v) is 3.34. The summed E-state index contributed by atoms with van der Waals surface area (Å²) in [5.74, 6) is -1.53. The van der Waals surface area contributed by atoms with Gasteiger partial charge in [-0.15, -0.1) is 0 Å². The molecule has 0 radical (unpaired) electrons. The van der Waals surface area contributed by atoms with Crippen LogP contribution in [-0.2, 0) is 6.42 Å². The number of carboxylic acid groups (broad SMARTS) is 1. The molecule has 28 heavy (non-hydrogen) atoms. The Morgan fingerprint density at radius 3 is 2.68 bits per heavy atom. The van der Waals surface area contributed by atoms with E-state index in [1.54, 1.807) is 29.2 Å². The third-order valence-corrected chi connectivity index (χ3v) is 4.82. The second-order valence-corrected chi connectivity index (χ2v) is 6.91. The van der Waals surface area contributed by atoms with Crippen LogP contribution < -0.4 is 9.39 Å². The largest absolute Gasteiger partial charge is 0.669 e. The Bertz CT molecular complexity index is 929. The Balaban J connectivity index is 1.49. The van der Waals surface area contributed by atoms with Crippen molar-refractivity contribution in [1.82, 2.24) is 9.88 Å². The Kier molecular flexibility index (Phi) is 4.44. The van der Waals surface area contributed by atoms with Gasteiger partial charge in [0.15, 0.2) is 0 Å². The van der Waals surface area contributed by atoms with E-state index in [0.29, 0.717) is 30.8 Å². The van der Waals surface area contributed by atoms with E-state index in [1.165, 1.54) is 12.3 Å². The number of carbonyl (C=O) groups excluding carboxylic acids is 1. The fourth-order valence-electron chi connectivity index (χ4n) is 3.34. The minimum Gasteiger partial charge on any atom is -0.669 e. The summed E-state index contributed by atoms with van der Waals surface area (Å²) in [6.07, 6.45) is 1.45. The molecule has 146 valence electrons. The number of aromatic carboxylic acids is 1. The van der Waals surface area contributed by atoms with Gasteiger partial charge in [-0.3, -0.25) is 9.78 Å². The molecule has 3 heterocycles. The van der Waals surface area contributed by atoms with E-state index in [4.69, 9.17) is 9.39 Å². The van der Waals surface area contributed by atoms with Gasteiger partial charge >= 0.3 is 12.7 Å². The van der Waals surface area contributed by atoms with Crippen LogP contribution in [0.5, 0.6) is 11.5 Å². The lowest BCUT2D eigenvalue weighted by atomic mass is 9.70. The number of aryl methyl sites for hydroxylation is 1. The van der Waals surface area contributed by atoms with E-state index in [-0.39, 0.29) is 35.4 Å². The topological polar surface area (TPSA) is 129 Å². The molecule has 3 N–H and O–H groups in total. The van der Waals surface area contributed by atoms with Gasteiger partial charge in [-0.25, -0.2) is 4.79 Å². The summed E-state index contributed by atoms with van der Waals surface area (Å²) < 4.78 is 10.9. The molecule has 1 fully saturated rings. The molecule has 4 rings (SSSR count). The Labute approximate surface area is 160 Å². The standard InChI is InChI=1S/C18H18BN2O7/c22-17(13-3-1-2-8-20-13)21-9-12(10-21)27-14-5-4-11-6-7-19(25,26)28-16(11)15(14)18(23)24/h1-5,8,12,25-26H,6-7,9-10H2,(H,23,24)/q-1. The lowest BCUT2D eigenvalue weighted by Gasteiger charge is -2.40. The molecule has 0 spiro atoms. The maximum atomic E-state index is 12.3. The van der Waals surface area contributed by atoms with Crippen molar-refractivity contribution in [2.75, 3.05) is 13.1 Å². The quantitative estimate of drug-likeness (QED) is 0.651. The molecule has 0 aliphatic carbocycles. The maximum Gasteiger partial charge on any atom is 0.430 e. The van der Waals surface area contributed by atoms with Crippen molar-refractivity contribution in [3.05, 3.63) is 53.3 Å². The Morgan fingerprint density at radius 2 is 2.00 bits per heavy atom. The van der Waals surface area contributed by atoms with Gasteiger partial charge in [-0.05, 0) is 30.2 Å². The number of carboxylic acids is 1. The van der Waals surface area contributed by atoms with Gasteiger partial charge < -0.3 is 29.4 Å². The fraction of sp³-hybridized carbons (Fsp3) is 0.278. The SMILES string of the molecule is O=C(O)c1c(OC2CN(C(=O)c3ccccn3)C2)ccc2c1O[B-](O)(O)CC2. The molecule has 2 aromatic rings. The molecule has 1 saturated heterocycles. The van der Waals surface area contributed by atoms with Crippen LogP contribution in [0.3, 0.4) is 0 Å². The highest BCUT2D eigenvalue weighted by Gasteiger charge is 2.36. The average Bonchev–Trinajstić information content (AvgIpc) is 2.63. The van der Waals surface area contributed by atoms with E-state index in [0.717, 1.165) is 0 Å². The molecule has 2 aliphatic heterocycles. The van der Waals surface area contributed by atoms with E-state index in [9.17, 15) is 24.7 Å². The first-order valence-corrected chi connectivity index (χ1v) is 8.89. The van der Waals surface area contributed by atoms with Crippen LogP contribution in [0.15, 0.2) is 36.5 Å². The molecule has 0 bridgehead atoms. The summed E-state index contributed by atoms with van der Waals surface area (Å²) in [6, 6.07) is 8.25.